The average molecular weight is 196 g/mol. The van der Waals surface area contributed by atoms with Crippen LogP contribution < -0.4 is 16.2 Å². The highest BCUT2D eigenvalue weighted by atomic mass is 19.1. The van der Waals surface area contributed by atoms with Gasteiger partial charge in [-0.05, 0) is 19.3 Å². The molecule has 0 aliphatic heterocycles. The Balaban J connectivity index is 2.17. The number of anilines is 2. The number of ether oxygens (including phenoxy) is 1. The molecule has 1 aliphatic carbocycles. The van der Waals surface area contributed by atoms with Crippen LogP contribution in [0.2, 0.25) is 0 Å². The summed E-state index contributed by atoms with van der Waals surface area (Å²) in [4.78, 5) is 0. The lowest BCUT2D eigenvalue weighted by Gasteiger charge is -2.26. The van der Waals surface area contributed by atoms with E-state index in [0.717, 1.165) is 12.8 Å². The smallest absolute Gasteiger partial charge is 0.151 e. The Hall–Kier alpha value is -1.45. The second kappa shape index (κ2) is 3.36. The van der Waals surface area contributed by atoms with E-state index in [1.807, 2.05) is 0 Å². The molecule has 0 atom stereocenters. The summed E-state index contributed by atoms with van der Waals surface area (Å²) < 4.78 is 18.6. The minimum Gasteiger partial charge on any atom is -0.490 e. The normalized spacial score (nSPS) is 16.4. The fourth-order valence-corrected chi connectivity index (χ4v) is 1.36. The van der Waals surface area contributed by atoms with Crippen LogP contribution in [0.15, 0.2) is 12.1 Å². The fourth-order valence-electron chi connectivity index (χ4n) is 1.36. The maximum absolute atomic E-state index is 13.1. The van der Waals surface area contributed by atoms with Crippen molar-refractivity contribution in [1.29, 1.82) is 0 Å². The van der Waals surface area contributed by atoms with Gasteiger partial charge in [0.05, 0.1) is 17.5 Å². The van der Waals surface area contributed by atoms with Gasteiger partial charge in [0.1, 0.15) is 5.75 Å². The van der Waals surface area contributed by atoms with Crippen LogP contribution in [0.1, 0.15) is 19.3 Å². The molecule has 14 heavy (non-hydrogen) atoms. The zero-order valence-electron chi connectivity index (χ0n) is 7.79. The van der Waals surface area contributed by atoms with Crippen molar-refractivity contribution < 1.29 is 9.13 Å². The first-order valence-electron chi connectivity index (χ1n) is 4.68. The number of benzene rings is 1. The van der Waals surface area contributed by atoms with E-state index in [9.17, 15) is 4.39 Å². The van der Waals surface area contributed by atoms with Gasteiger partial charge in [0.2, 0.25) is 0 Å². The van der Waals surface area contributed by atoms with Crippen LogP contribution in [0, 0.1) is 5.82 Å². The Kier molecular flexibility index (Phi) is 2.19. The molecule has 1 aliphatic rings. The third kappa shape index (κ3) is 1.60. The van der Waals surface area contributed by atoms with Gasteiger partial charge in [-0.15, -0.1) is 0 Å². The molecule has 76 valence electrons. The Morgan fingerprint density at radius 2 is 2.00 bits per heavy atom. The second-order valence-electron chi connectivity index (χ2n) is 3.58. The first-order chi connectivity index (χ1) is 6.66. The van der Waals surface area contributed by atoms with E-state index >= 15 is 0 Å². The van der Waals surface area contributed by atoms with Gasteiger partial charge in [-0.1, -0.05) is 0 Å². The Morgan fingerprint density at radius 1 is 1.29 bits per heavy atom. The quantitative estimate of drug-likeness (QED) is 0.710. The van der Waals surface area contributed by atoms with Crippen LogP contribution in [0.4, 0.5) is 15.8 Å². The van der Waals surface area contributed by atoms with Crippen molar-refractivity contribution in [2.24, 2.45) is 0 Å². The summed E-state index contributed by atoms with van der Waals surface area (Å²) in [5.41, 5.74) is 11.1. The highest BCUT2D eigenvalue weighted by molar-refractivity contribution is 5.66. The molecule has 1 fully saturated rings. The highest BCUT2D eigenvalue weighted by Gasteiger charge is 2.19. The predicted molar refractivity (Wildman–Crippen MR) is 53.5 cm³/mol. The highest BCUT2D eigenvalue weighted by Crippen LogP contribution is 2.29. The first-order valence-corrected chi connectivity index (χ1v) is 4.68. The summed E-state index contributed by atoms with van der Waals surface area (Å²) in [6, 6.07) is 2.85. The number of hydrogen-bond donors (Lipinski definition) is 2. The molecule has 1 saturated carbocycles. The van der Waals surface area contributed by atoms with Gasteiger partial charge in [-0.3, -0.25) is 0 Å². The Morgan fingerprint density at radius 3 is 2.50 bits per heavy atom. The van der Waals surface area contributed by atoms with Crippen LogP contribution in [0.3, 0.4) is 0 Å². The number of rotatable bonds is 2. The number of nitrogens with two attached hydrogens (primary N) is 2. The molecule has 0 saturated heterocycles. The summed E-state index contributed by atoms with van der Waals surface area (Å²) in [5.74, 6) is -0.0433. The van der Waals surface area contributed by atoms with E-state index in [1.165, 1.54) is 12.5 Å². The number of hydrogen-bond acceptors (Lipinski definition) is 3. The molecule has 4 N–H and O–H groups in total. The van der Waals surface area contributed by atoms with E-state index < -0.39 is 5.82 Å². The van der Waals surface area contributed by atoms with Gasteiger partial charge in [-0.25, -0.2) is 4.39 Å². The van der Waals surface area contributed by atoms with Crippen molar-refractivity contribution in [1.82, 2.24) is 0 Å². The van der Waals surface area contributed by atoms with Crippen molar-refractivity contribution in [3.05, 3.63) is 17.9 Å². The van der Waals surface area contributed by atoms with Gasteiger partial charge in [0, 0.05) is 12.1 Å². The molecule has 1 aromatic carbocycles. The summed E-state index contributed by atoms with van der Waals surface area (Å²) in [6.07, 6.45) is 3.47. The van der Waals surface area contributed by atoms with Gasteiger partial charge in [-0.2, -0.15) is 0 Å². The Bertz CT molecular complexity index is 327. The predicted octanol–water partition coefficient (Wildman–Crippen LogP) is 1.92. The maximum Gasteiger partial charge on any atom is 0.151 e. The molecule has 0 bridgehead atoms. The van der Waals surface area contributed by atoms with Gasteiger partial charge in [0.25, 0.3) is 0 Å². The minimum atomic E-state index is -0.515. The van der Waals surface area contributed by atoms with Crippen molar-refractivity contribution in [2.75, 3.05) is 11.5 Å². The molecular formula is C10H13FN2O. The van der Waals surface area contributed by atoms with E-state index in [-0.39, 0.29) is 17.5 Å². The molecule has 0 radical (unpaired) electrons. The molecule has 1 aromatic rings. The summed E-state index contributed by atoms with van der Waals surface area (Å²) in [7, 11) is 0. The van der Waals surface area contributed by atoms with Crippen molar-refractivity contribution in [2.45, 2.75) is 25.4 Å². The summed E-state index contributed by atoms with van der Waals surface area (Å²) in [5, 5.41) is 0. The van der Waals surface area contributed by atoms with Gasteiger partial charge in [0.15, 0.2) is 5.82 Å². The molecule has 0 aromatic heterocycles. The second-order valence-corrected chi connectivity index (χ2v) is 3.58. The average Bonchev–Trinajstić information content (AvgIpc) is 2.07. The van der Waals surface area contributed by atoms with Crippen LogP contribution in [0.25, 0.3) is 0 Å². The number of nitrogen functional groups attached to an aromatic ring is 2. The summed E-state index contributed by atoms with van der Waals surface area (Å²) in [6.45, 7) is 0. The topological polar surface area (TPSA) is 61.3 Å². The lowest BCUT2D eigenvalue weighted by molar-refractivity contribution is 0.120. The van der Waals surface area contributed by atoms with Crippen LogP contribution in [-0.2, 0) is 0 Å². The Labute approximate surface area is 81.8 Å². The zero-order chi connectivity index (χ0) is 10.1. The molecule has 2 rings (SSSR count). The van der Waals surface area contributed by atoms with E-state index in [0.29, 0.717) is 5.75 Å². The van der Waals surface area contributed by atoms with E-state index in [1.54, 1.807) is 6.07 Å². The van der Waals surface area contributed by atoms with E-state index in [4.69, 9.17) is 16.2 Å². The van der Waals surface area contributed by atoms with Crippen molar-refractivity contribution >= 4 is 11.4 Å². The summed E-state index contributed by atoms with van der Waals surface area (Å²) >= 11 is 0. The lowest BCUT2D eigenvalue weighted by atomic mass is 9.96. The molecule has 0 heterocycles. The first kappa shape index (κ1) is 9.12. The fraction of sp³-hybridized carbons (Fsp3) is 0.400. The molecular weight excluding hydrogens is 183 g/mol. The maximum atomic E-state index is 13.1. The SMILES string of the molecule is Nc1cc(OC2CCC2)cc(F)c1N. The zero-order valence-corrected chi connectivity index (χ0v) is 7.79. The van der Waals surface area contributed by atoms with Crippen LogP contribution in [-0.4, -0.2) is 6.10 Å². The van der Waals surface area contributed by atoms with Crippen LogP contribution >= 0.6 is 0 Å². The van der Waals surface area contributed by atoms with Crippen LogP contribution in [0.5, 0.6) is 5.75 Å². The monoisotopic (exact) mass is 196 g/mol. The van der Waals surface area contributed by atoms with Crippen molar-refractivity contribution in [3.63, 3.8) is 0 Å². The molecule has 0 spiro atoms. The van der Waals surface area contributed by atoms with E-state index in [2.05, 4.69) is 0 Å². The minimum absolute atomic E-state index is 0.00837. The molecule has 4 heteroatoms. The molecule has 0 unspecified atom stereocenters. The van der Waals surface area contributed by atoms with Crippen molar-refractivity contribution in [3.8, 4) is 5.75 Å². The molecule has 3 nitrogen and oxygen atoms in total. The third-order valence-electron chi connectivity index (χ3n) is 2.49. The lowest BCUT2D eigenvalue weighted by Crippen LogP contribution is -2.24. The molecule has 0 amide bonds. The standard InChI is InChI=1S/C10H13FN2O/c11-8-4-7(5-9(12)10(8)13)14-6-2-1-3-6/h4-6H,1-3,12-13H2. The van der Waals surface area contributed by atoms with Gasteiger partial charge < -0.3 is 16.2 Å². The van der Waals surface area contributed by atoms with Gasteiger partial charge >= 0.3 is 0 Å². The third-order valence-corrected chi connectivity index (χ3v) is 2.49. The number of halogens is 1. The largest absolute Gasteiger partial charge is 0.490 e.